The molecule has 0 aliphatic heterocycles. The summed E-state index contributed by atoms with van der Waals surface area (Å²) < 4.78 is 5.47. The second-order valence-corrected chi connectivity index (χ2v) is 7.20. The lowest BCUT2D eigenvalue weighted by Gasteiger charge is -2.28. The fraction of sp³-hybridized carbons (Fsp3) is 0.435. The summed E-state index contributed by atoms with van der Waals surface area (Å²) in [6.07, 6.45) is 6.52. The number of hydrogen-bond donors (Lipinski definition) is 1. The van der Waals surface area contributed by atoms with Crippen LogP contribution in [0.15, 0.2) is 47.5 Å². The standard InChI is InChI=1S/C23H31NO2/c1-5-6-7-11-14-24-17-18-15-20(26-4)16-21(22(18)25)23(2,3)19-12-9-8-10-13-19/h8-10,12-13,15-17,25H,5-7,11,14H2,1-4H3. The van der Waals surface area contributed by atoms with Crippen molar-refractivity contribution in [3.63, 3.8) is 0 Å². The highest BCUT2D eigenvalue weighted by Gasteiger charge is 2.28. The minimum absolute atomic E-state index is 0.275. The number of phenols is 1. The number of unbranched alkanes of at least 4 members (excludes halogenated alkanes) is 3. The van der Waals surface area contributed by atoms with Gasteiger partial charge in [0, 0.05) is 29.3 Å². The molecule has 0 atom stereocenters. The van der Waals surface area contributed by atoms with Gasteiger partial charge in [0.1, 0.15) is 11.5 Å². The minimum atomic E-state index is -0.344. The molecule has 0 heterocycles. The SMILES string of the molecule is CCCCCCN=Cc1cc(OC)cc(C(C)(C)c2ccccc2)c1O. The van der Waals surface area contributed by atoms with Gasteiger partial charge in [0.05, 0.1) is 7.11 Å². The van der Waals surface area contributed by atoms with E-state index in [1.807, 2.05) is 30.3 Å². The zero-order valence-corrected chi connectivity index (χ0v) is 16.5. The van der Waals surface area contributed by atoms with Gasteiger partial charge in [-0.05, 0) is 24.1 Å². The van der Waals surface area contributed by atoms with Gasteiger partial charge in [0.25, 0.3) is 0 Å². The van der Waals surface area contributed by atoms with Crippen LogP contribution in [0.1, 0.15) is 63.1 Å². The summed E-state index contributed by atoms with van der Waals surface area (Å²) in [6, 6.07) is 14.0. The molecule has 0 fully saturated rings. The Kier molecular flexibility index (Phi) is 7.26. The van der Waals surface area contributed by atoms with Crippen molar-refractivity contribution >= 4 is 6.21 Å². The number of aromatic hydroxyl groups is 1. The first-order valence-electron chi connectivity index (χ1n) is 9.47. The summed E-state index contributed by atoms with van der Waals surface area (Å²) in [5.41, 5.74) is 2.35. The summed E-state index contributed by atoms with van der Waals surface area (Å²) in [4.78, 5) is 4.51. The van der Waals surface area contributed by atoms with E-state index in [2.05, 4.69) is 37.9 Å². The number of benzene rings is 2. The summed E-state index contributed by atoms with van der Waals surface area (Å²) in [6.45, 7) is 7.21. The Balaban J connectivity index is 2.31. The fourth-order valence-corrected chi connectivity index (χ4v) is 3.13. The lowest BCUT2D eigenvalue weighted by Crippen LogP contribution is -2.19. The second kappa shape index (κ2) is 9.42. The molecule has 2 rings (SSSR count). The van der Waals surface area contributed by atoms with E-state index in [-0.39, 0.29) is 11.2 Å². The van der Waals surface area contributed by atoms with Gasteiger partial charge in [-0.2, -0.15) is 0 Å². The zero-order chi connectivity index (χ0) is 19.0. The minimum Gasteiger partial charge on any atom is -0.507 e. The molecule has 0 aromatic heterocycles. The quantitative estimate of drug-likeness (QED) is 0.462. The molecule has 3 heteroatoms. The van der Waals surface area contributed by atoms with E-state index in [1.54, 1.807) is 13.3 Å². The number of methoxy groups -OCH3 is 1. The zero-order valence-electron chi connectivity index (χ0n) is 16.5. The van der Waals surface area contributed by atoms with Crippen LogP contribution in [-0.2, 0) is 5.41 Å². The smallest absolute Gasteiger partial charge is 0.128 e. The molecule has 26 heavy (non-hydrogen) atoms. The monoisotopic (exact) mass is 353 g/mol. The van der Waals surface area contributed by atoms with E-state index in [4.69, 9.17) is 4.74 Å². The predicted octanol–water partition coefficient (Wildman–Crippen LogP) is 5.73. The van der Waals surface area contributed by atoms with Gasteiger partial charge in [0.2, 0.25) is 0 Å². The fourth-order valence-electron chi connectivity index (χ4n) is 3.13. The highest BCUT2D eigenvalue weighted by Crippen LogP contribution is 2.40. The molecule has 1 N–H and O–H groups in total. The van der Waals surface area contributed by atoms with Crippen molar-refractivity contribution in [1.82, 2.24) is 0 Å². The molecule has 0 amide bonds. The Hall–Kier alpha value is -2.29. The number of rotatable bonds is 9. The summed E-state index contributed by atoms with van der Waals surface area (Å²) in [5, 5.41) is 10.9. The van der Waals surface area contributed by atoms with Crippen LogP contribution in [0.3, 0.4) is 0 Å². The Morgan fingerprint density at radius 1 is 1.08 bits per heavy atom. The lowest BCUT2D eigenvalue weighted by molar-refractivity contribution is 0.407. The molecule has 0 aliphatic carbocycles. The van der Waals surface area contributed by atoms with Crippen LogP contribution in [-0.4, -0.2) is 25.0 Å². The number of hydrogen-bond acceptors (Lipinski definition) is 3. The van der Waals surface area contributed by atoms with Crippen LogP contribution in [0.4, 0.5) is 0 Å². The maximum Gasteiger partial charge on any atom is 0.128 e. The van der Waals surface area contributed by atoms with Crippen LogP contribution in [0.25, 0.3) is 0 Å². The van der Waals surface area contributed by atoms with E-state index in [0.29, 0.717) is 5.56 Å². The van der Waals surface area contributed by atoms with Crippen LogP contribution in [0.5, 0.6) is 11.5 Å². The molecular formula is C23H31NO2. The molecule has 0 saturated carbocycles. The van der Waals surface area contributed by atoms with Crippen molar-refractivity contribution in [3.8, 4) is 11.5 Å². The first-order chi connectivity index (χ1) is 12.5. The Morgan fingerprint density at radius 2 is 1.81 bits per heavy atom. The van der Waals surface area contributed by atoms with E-state index in [9.17, 15) is 5.11 Å². The summed E-state index contributed by atoms with van der Waals surface area (Å²) >= 11 is 0. The highest BCUT2D eigenvalue weighted by molar-refractivity contribution is 5.85. The first kappa shape index (κ1) is 20.0. The third-order valence-electron chi connectivity index (χ3n) is 4.89. The second-order valence-electron chi connectivity index (χ2n) is 7.20. The van der Waals surface area contributed by atoms with Crippen LogP contribution in [0.2, 0.25) is 0 Å². The van der Waals surface area contributed by atoms with E-state index in [0.717, 1.165) is 29.8 Å². The van der Waals surface area contributed by atoms with Gasteiger partial charge in [0.15, 0.2) is 0 Å². The number of phenolic OH excluding ortho intramolecular Hbond substituents is 1. The van der Waals surface area contributed by atoms with Gasteiger partial charge < -0.3 is 9.84 Å². The molecule has 2 aromatic rings. The van der Waals surface area contributed by atoms with Gasteiger partial charge in [-0.3, -0.25) is 4.99 Å². The molecule has 0 radical (unpaired) electrons. The first-order valence-corrected chi connectivity index (χ1v) is 9.47. The molecule has 0 unspecified atom stereocenters. The summed E-state index contributed by atoms with van der Waals surface area (Å²) in [5.74, 6) is 1.01. The van der Waals surface area contributed by atoms with E-state index < -0.39 is 0 Å². The van der Waals surface area contributed by atoms with Crippen LogP contribution >= 0.6 is 0 Å². The molecule has 0 spiro atoms. The lowest BCUT2D eigenvalue weighted by atomic mass is 9.77. The Labute approximate surface area is 157 Å². The molecule has 0 saturated heterocycles. The predicted molar refractivity (Wildman–Crippen MR) is 110 cm³/mol. The topological polar surface area (TPSA) is 41.8 Å². The molecule has 0 aliphatic rings. The van der Waals surface area contributed by atoms with Crippen molar-refractivity contribution in [3.05, 3.63) is 59.2 Å². The average molecular weight is 354 g/mol. The van der Waals surface area contributed by atoms with E-state index in [1.165, 1.54) is 19.3 Å². The van der Waals surface area contributed by atoms with E-state index >= 15 is 0 Å². The molecular weight excluding hydrogens is 322 g/mol. The number of nitrogens with zero attached hydrogens (tertiary/aromatic N) is 1. The van der Waals surface area contributed by atoms with Gasteiger partial charge in [-0.1, -0.05) is 70.4 Å². The van der Waals surface area contributed by atoms with Crippen molar-refractivity contribution in [2.24, 2.45) is 4.99 Å². The average Bonchev–Trinajstić information content (AvgIpc) is 2.66. The van der Waals surface area contributed by atoms with Crippen LogP contribution < -0.4 is 4.74 Å². The highest BCUT2D eigenvalue weighted by atomic mass is 16.5. The summed E-state index contributed by atoms with van der Waals surface area (Å²) in [7, 11) is 1.65. The van der Waals surface area contributed by atoms with Crippen LogP contribution in [0, 0.1) is 0 Å². The third-order valence-corrected chi connectivity index (χ3v) is 4.89. The van der Waals surface area contributed by atoms with Crippen molar-refractivity contribution in [2.75, 3.05) is 13.7 Å². The Morgan fingerprint density at radius 3 is 2.46 bits per heavy atom. The number of ether oxygens (including phenoxy) is 1. The maximum absolute atomic E-state index is 10.9. The number of aliphatic imine (C=N–C) groups is 1. The van der Waals surface area contributed by atoms with Gasteiger partial charge in [-0.25, -0.2) is 0 Å². The van der Waals surface area contributed by atoms with Crippen molar-refractivity contribution in [1.29, 1.82) is 0 Å². The molecule has 3 nitrogen and oxygen atoms in total. The van der Waals surface area contributed by atoms with Gasteiger partial charge >= 0.3 is 0 Å². The third kappa shape index (κ3) is 4.87. The Bertz CT molecular complexity index is 720. The van der Waals surface area contributed by atoms with Crippen molar-refractivity contribution < 1.29 is 9.84 Å². The molecule has 140 valence electrons. The maximum atomic E-state index is 10.9. The normalized spacial score (nSPS) is 11.8. The largest absolute Gasteiger partial charge is 0.507 e. The van der Waals surface area contributed by atoms with Crippen molar-refractivity contribution in [2.45, 2.75) is 51.9 Å². The van der Waals surface area contributed by atoms with Gasteiger partial charge in [-0.15, -0.1) is 0 Å². The molecule has 2 aromatic carbocycles. The molecule has 0 bridgehead atoms.